The van der Waals surface area contributed by atoms with Gasteiger partial charge < -0.3 is 19.0 Å². The number of benzene rings is 3. The number of nitrogens with zero attached hydrogens (tertiary/aromatic N) is 3. The Balaban J connectivity index is 1.34. The van der Waals surface area contributed by atoms with E-state index in [1.54, 1.807) is 42.3 Å². The minimum absolute atomic E-state index is 0.0571. The third kappa shape index (κ3) is 6.60. The highest BCUT2D eigenvalue weighted by molar-refractivity contribution is 7.92. The molecule has 1 fully saturated rings. The molecule has 0 radical (unpaired) electrons. The number of carbonyl (C=O) groups excluding carboxylic acids is 2. The van der Waals surface area contributed by atoms with Gasteiger partial charge in [0, 0.05) is 43.7 Å². The molecule has 0 bridgehead atoms. The fraction of sp³-hybridized carbons (Fsp3) is 0.257. The molecule has 9 nitrogen and oxygen atoms in total. The smallest absolute Gasteiger partial charge is 0.374 e. The number of halogens is 1. The summed E-state index contributed by atoms with van der Waals surface area (Å²) in [6.45, 7) is 5.80. The van der Waals surface area contributed by atoms with Gasteiger partial charge in [0.05, 0.1) is 27.9 Å². The Morgan fingerprint density at radius 1 is 0.979 bits per heavy atom. The second kappa shape index (κ2) is 13.8. The van der Waals surface area contributed by atoms with Crippen molar-refractivity contribution in [2.75, 3.05) is 48.5 Å². The van der Waals surface area contributed by atoms with Crippen LogP contribution in [0.4, 0.5) is 11.4 Å². The van der Waals surface area contributed by atoms with Crippen LogP contribution in [0.3, 0.4) is 0 Å². The van der Waals surface area contributed by atoms with Crippen molar-refractivity contribution in [1.82, 2.24) is 4.90 Å². The number of carbonyl (C=O) groups is 2. The van der Waals surface area contributed by atoms with Crippen molar-refractivity contribution in [3.63, 3.8) is 0 Å². The lowest BCUT2D eigenvalue weighted by Gasteiger charge is -2.38. The highest BCUT2D eigenvalue weighted by Gasteiger charge is 2.31. The van der Waals surface area contributed by atoms with Gasteiger partial charge in [-0.15, -0.1) is 11.3 Å². The van der Waals surface area contributed by atoms with Gasteiger partial charge >= 0.3 is 5.97 Å². The topological polar surface area (TPSA) is 100 Å². The number of ether oxygens (including phenoxy) is 1. The number of para-hydroxylation sites is 2. The van der Waals surface area contributed by atoms with E-state index in [2.05, 4.69) is 4.90 Å². The summed E-state index contributed by atoms with van der Waals surface area (Å²) >= 11 is 7.56. The van der Waals surface area contributed by atoms with Crippen LogP contribution in [0.2, 0.25) is 5.02 Å². The van der Waals surface area contributed by atoms with Gasteiger partial charge in [0.1, 0.15) is 10.5 Å². The number of fused-ring (bicyclic) bond motifs is 1. The average Bonchev–Trinajstić information content (AvgIpc) is 3.67. The van der Waals surface area contributed by atoms with E-state index in [0.717, 1.165) is 11.3 Å². The standard InChI is InChI=1S/C35H34ClN3O6S2/c1-3-44-35(41)32-24(2)27-23-26(13-14-31(27)45-32)47(42,43)39(17-15-25-9-5-4-6-10-25)30-12-8-7-11-29(30)37-18-20-38(21-19-37)34(40)33-28(36)16-22-46-33/h4-14,16,22-23H,3,15,17-21H2,1-2H3. The molecule has 0 aliphatic carbocycles. The molecule has 12 heteroatoms. The first-order valence-electron chi connectivity index (χ1n) is 15.3. The molecular formula is C35H34ClN3O6S2. The van der Waals surface area contributed by atoms with Gasteiger partial charge in [0.2, 0.25) is 5.76 Å². The Morgan fingerprint density at radius 2 is 1.70 bits per heavy atom. The Hall–Kier alpha value is -4.32. The minimum atomic E-state index is -4.10. The van der Waals surface area contributed by atoms with Crippen molar-refractivity contribution in [3.8, 4) is 0 Å². The fourth-order valence-electron chi connectivity index (χ4n) is 5.81. The largest absolute Gasteiger partial charge is 0.460 e. The highest BCUT2D eigenvalue weighted by Crippen LogP contribution is 2.36. The summed E-state index contributed by atoms with van der Waals surface area (Å²) in [4.78, 5) is 30.1. The Labute approximate surface area is 283 Å². The SMILES string of the molecule is CCOC(=O)c1oc2ccc(S(=O)(=O)N(CCc3ccccc3)c3ccccc3N3CCN(C(=O)c4sccc4Cl)CC3)cc2c1C. The Bertz CT molecular complexity index is 2020. The van der Waals surface area contributed by atoms with Crippen molar-refractivity contribution >= 4 is 67.2 Å². The zero-order chi connectivity index (χ0) is 33.1. The fourth-order valence-corrected chi connectivity index (χ4v) is 8.42. The van der Waals surface area contributed by atoms with Gasteiger partial charge in [-0.2, -0.15) is 0 Å². The molecule has 0 unspecified atom stereocenters. The van der Waals surface area contributed by atoms with E-state index >= 15 is 0 Å². The van der Waals surface area contributed by atoms with E-state index in [1.807, 2.05) is 54.6 Å². The molecule has 244 valence electrons. The monoisotopic (exact) mass is 691 g/mol. The molecule has 3 heterocycles. The number of esters is 1. The number of aryl methyl sites for hydroxylation is 1. The predicted molar refractivity (Wildman–Crippen MR) is 185 cm³/mol. The molecule has 0 saturated carbocycles. The Morgan fingerprint density at radius 3 is 2.40 bits per heavy atom. The van der Waals surface area contributed by atoms with Crippen molar-refractivity contribution in [1.29, 1.82) is 0 Å². The van der Waals surface area contributed by atoms with Gasteiger partial charge in [-0.3, -0.25) is 9.10 Å². The molecule has 1 amide bonds. The summed E-state index contributed by atoms with van der Waals surface area (Å²) in [5.41, 5.74) is 3.22. The molecule has 0 N–H and O–H groups in total. The number of sulfonamides is 1. The van der Waals surface area contributed by atoms with E-state index < -0.39 is 16.0 Å². The Kier molecular flexibility index (Phi) is 9.58. The van der Waals surface area contributed by atoms with E-state index in [9.17, 15) is 18.0 Å². The van der Waals surface area contributed by atoms with Crippen LogP contribution in [0.25, 0.3) is 11.0 Å². The molecule has 3 aromatic carbocycles. The van der Waals surface area contributed by atoms with Crippen LogP contribution in [0.1, 0.15) is 38.3 Å². The van der Waals surface area contributed by atoms with E-state index in [0.29, 0.717) is 64.7 Å². The van der Waals surface area contributed by atoms with Gasteiger partial charge in [-0.1, -0.05) is 54.1 Å². The van der Waals surface area contributed by atoms with Gasteiger partial charge in [-0.25, -0.2) is 13.2 Å². The molecule has 0 atom stereocenters. The quantitative estimate of drug-likeness (QED) is 0.145. The van der Waals surface area contributed by atoms with Crippen LogP contribution >= 0.6 is 22.9 Å². The first-order valence-corrected chi connectivity index (χ1v) is 18.0. The van der Waals surface area contributed by atoms with E-state index in [-0.39, 0.29) is 29.7 Å². The maximum Gasteiger partial charge on any atom is 0.374 e. The molecule has 1 aliphatic heterocycles. The summed E-state index contributed by atoms with van der Waals surface area (Å²) in [5.74, 6) is -0.632. The second-order valence-electron chi connectivity index (χ2n) is 11.1. The summed E-state index contributed by atoms with van der Waals surface area (Å²) < 4.78 is 41.6. The predicted octanol–water partition coefficient (Wildman–Crippen LogP) is 7.03. The first kappa shape index (κ1) is 32.6. The van der Waals surface area contributed by atoms with Crippen LogP contribution in [0, 0.1) is 6.92 Å². The molecular weight excluding hydrogens is 658 g/mol. The molecule has 1 saturated heterocycles. The van der Waals surface area contributed by atoms with Crippen molar-refractivity contribution in [2.24, 2.45) is 0 Å². The van der Waals surface area contributed by atoms with Crippen molar-refractivity contribution in [3.05, 3.63) is 111 Å². The summed E-state index contributed by atoms with van der Waals surface area (Å²) in [6, 6.07) is 23.6. The number of piperazine rings is 1. The van der Waals surface area contributed by atoms with Crippen molar-refractivity contribution in [2.45, 2.75) is 25.2 Å². The number of thiophene rings is 1. The van der Waals surface area contributed by atoms with E-state index in [1.165, 1.54) is 21.7 Å². The third-order valence-corrected chi connectivity index (χ3v) is 11.4. The maximum atomic E-state index is 14.6. The van der Waals surface area contributed by atoms with Gasteiger partial charge in [0.25, 0.3) is 15.9 Å². The molecule has 1 aliphatic rings. The number of rotatable bonds is 10. The first-order chi connectivity index (χ1) is 22.7. The lowest BCUT2D eigenvalue weighted by Crippen LogP contribution is -2.49. The zero-order valence-electron chi connectivity index (χ0n) is 26.0. The maximum absolute atomic E-state index is 14.6. The summed E-state index contributed by atoms with van der Waals surface area (Å²) in [6.07, 6.45) is 0.484. The molecule has 2 aromatic heterocycles. The van der Waals surface area contributed by atoms with Crippen LogP contribution in [-0.4, -0.2) is 64.5 Å². The van der Waals surface area contributed by atoms with Gasteiger partial charge in [-0.05, 0) is 67.6 Å². The van der Waals surface area contributed by atoms with Crippen LogP contribution < -0.4 is 9.21 Å². The molecule has 0 spiro atoms. The third-order valence-electron chi connectivity index (χ3n) is 8.27. The van der Waals surface area contributed by atoms with Crippen LogP contribution in [-0.2, 0) is 21.2 Å². The molecule has 6 rings (SSSR count). The molecule has 47 heavy (non-hydrogen) atoms. The lowest BCUT2D eigenvalue weighted by molar-refractivity contribution is 0.0491. The molecule has 5 aromatic rings. The highest BCUT2D eigenvalue weighted by atomic mass is 35.5. The van der Waals surface area contributed by atoms with Gasteiger partial charge in [0.15, 0.2) is 0 Å². The number of amides is 1. The number of anilines is 2. The number of furan rings is 1. The number of hydrogen-bond acceptors (Lipinski definition) is 8. The zero-order valence-corrected chi connectivity index (χ0v) is 28.4. The minimum Gasteiger partial charge on any atom is -0.460 e. The lowest BCUT2D eigenvalue weighted by atomic mass is 10.1. The second-order valence-corrected chi connectivity index (χ2v) is 14.3. The summed E-state index contributed by atoms with van der Waals surface area (Å²) in [7, 11) is -4.10. The number of hydrogen-bond donors (Lipinski definition) is 0. The normalized spacial score (nSPS) is 13.6. The summed E-state index contributed by atoms with van der Waals surface area (Å²) in [5, 5.41) is 2.78. The van der Waals surface area contributed by atoms with Crippen molar-refractivity contribution < 1.29 is 27.2 Å². The van der Waals surface area contributed by atoms with Crippen LogP contribution in [0.15, 0.2) is 93.6 Å². The van der Waals surface area contributed by atoms with Crippen LogP contribution in [0.5, 0.6) is 0 Å². The van der Waals surface area contributed by atoms with E-state index in [4.69, 9.17) is 20.8 Å². The average molecular weight is 692 g/mol.